The van der Waals surface area contributed by atoms with Gasteiger partial charge in [0.25, 0.3) is 0 Å². The van der Waals surface area contributed by atoms with Crippen molar-refractivity contribution in [3.8, 4) is 0 Å². The van der Waals surface area contributed by atoms with Crippen LogP contribution in [0.3, 0.4) is 0 Å². The zero-order valence-electron chi connectivity index (χ0n) is 11.0. The van der Waals surface area contributed by atoms with Crippen molar-refractivity contribution in [2.45, 2.75) is 18.6 Å². The van der Waals surface area contributed by atoms with E-state index in [9.17, 15) is 4.79 Å². The standard InChI is InChI=1S/C13H19AsBNO3/c1-10(2)13(17)14-8-3-9-16-12-6-4-11(5-7-12)15(18)19/h4-7,14,16,18-19H,1,3,8-9H2,2H3. The molecule has 0 saturated heterocycles. The van der Waals surface area contributed by atoms with Crippen molar-refractivity contribution in [3.05, 3.63) is 36.4 Å². The van der Waals surface area contributed by atoms with Gasteiger partial charge in [0.1, 0.15) is 0 Å². The Morgan fingerprint density at radius 3 is 2.53 bits per heavy atom. The van der Waals surface area contributed by atoms with E-state index < -0.39 is 22.9 Å². The second-order valence-electron chi connectivity index (χ2n) is 4.31. The molecular weight excluding hydrogens is 304 g/mol. The Labute approximate surface area is 120 Å². The Bertz CT molecular complexity index is 434. The fraction of sp³-hybridized carbons (Fsp3) is 0.308. The molecule has 102 valence electrons. The van der Waals surface area contributed by atoms with Crippen LogP contribution in [0.4, 0.5) is 5.69 Å². The summed E-state index contributed by atoms with van der Waals surface area (Å²) in [5, 5.41) is 22.1. The van der Waals surface area contributed by atoms with Gasteiger partial charge in [-0.25, -0.2) is 0 Å². The van der Waals surface area contributed by atoms with Gasteiger partial charge in [0.15, 0.2) is 0 Å². The summed E-state index contributed by atoms with van der Waals surface area (Å²) in [6.45, 7) is 6.23. The van der Waals surface area contributed by atoms with E-state index in [0.29, 0.717) is 11.0 Å². The SMILES string of the molecule is C=C(C)C(=O)[AsH]CCCNc1ccc(B(O)O)cc1. The number of hydrogen-bond acceptors (Lipinski definition) is 4. The zero-order valence-corrected chi connectivity index (χ0v) is 13.1. The average molecular weight is 323 g/mol. The molecule has 0 radical (unpaired) electrons. The fourth-order valence-electron chi connectivity index (χ4n) is 1.45. The van der Waals surface area contributed by atoms with Crippen LogP contribution >= 0.6 is 0 Å². The summed E-state index contributed by atoms with van der Waals surface area (Å²) in [5.41, 5.74) is 2.09. The normalized spacial score (nSPS) is 10.7. The Morgan fingerprint density at radius 1 is 1.37 bits per heavy atom. The summed E-state index contributed by atoms with van der Waals surface area (Å²) >= 11 is -0.552. The van der Waals surface area contributed by atoms with Crippen molar-refractivity contribution < 1.29 is 14.8 Å². The summed E-state index contributed by atoms with van der Waals surface area (Å²) in [7, 11) is -1.42. The molecule has 19 heavy (non-hydrogen) atoms. The van der Waals surface area contributed by atoms with Crippen LogP contribution in [0.1, 0.15) is 13.3 Å². The summed E-state index contributed by atoms with van der Waals surface area (Å²) in [4.78, 5) is 11.4. The number of nitrogens with one attached hydrogen (secondary N) is 1. The first-order valence-electron chi connectivity index (χ1n) is 6.14. The van der Waals surface area contributed by atoms with Gasteiger partial charge < -0.3 is 0 Å². The van der Waals surface area contributed by atoms with E-state index in [-0.39, 0.29) is 4.57 Å². The molecule has 0 bridgehead atoms. The molecule has 1 rings (SSSR count). The molecule has 1 aromatic rings. The van der Waals surface area contributed by atoms with Gasteiger partial charge in [0.05, 0.1) is 0 Å². The first-order valence-corrected chi connectivity index (χ1v) is 8.67. The number of allylic oxidation sites excluding steroid dienone is 1. The molecule has 0 aliphatic rings. The van der Waals surface area contributed by atoms with Gasteiger partial charge in [-0.2, -0.15) is 0 Å². The third kappa shape index (κ3) is 6.10. The number of anilines is 1. The van der Waals surface area contributed by atoms with Crippen molar-refractivity contribution in [1.29, 1.82) is 0 Å². The van der Waals surface area contributed by atoms with Crippen LogP contribution in [-0.4, -0.2) is 44.0 Å². The topological polar surface area (TPSA) is 69.6 Å². The predicted octanol–water partition coefficient (Wildman–Crippen LogP) is 0.126. The van der Waals surface area contributed by atoms with E-state index in [1.54, 1.807) is 19.1 Å². The number of hydrogen-bond donors (Lipinski definition) is 3. The number of carbonyl (C=O) groups excluding carboxylic acids is 1. The third-order valence-corrected chi connectivity index (χ3v) is 5.40. The number of carbonyl (C=O) groups is 1. The quantitative estimate of drug-likeness (QED) is 0.361. The van der Waals surface area contributed by atoms with Crippen molar-refractivity contribution in [2.24, 2.45) is 0 Å². The van der Waals surface area contributed by atoms with Gasteiger partial charge in [-0.05, 0) is 0 Å². The molecule has 1 atom stereocenters. The fourth-order valence-corrected chi connectivity index (χ4v) is 3.30. The molecule has 4 nitrogen and oxygen atoms in total. The Morgan fingerprint density at radius 2 is 2.00 bits per heavy atom. The summed E-state index contributed by atoms with van der Waals surface area (Å²) in [5.74, 6) is 0. The Kier molecular flexibility index (Phi) is 6.92. The minimum atomic E-state index is -1.42. The molecule has 0 saturated carbocycles. The van der Waals surface area contributed by atoms with Crippen LogP contribution in [0.5, 0.6) is 0 Å². The van der Waals surface area contributed by atoms with E-state index in [0.717, 1.165) is 23.9 Å². The predicted molar refractivity (Wildman–Crippen MR) is 81.2 cm³/mol. The molecule has 6 heteroatoms. The van der Waals surface area contributed by atoms with Crippen LogP contribution in [-0.2, 0) is 4.79 Å². The molecule has 3 N–H and O–H groups in total. The molecule has 0 heterocycles. The van der Waals surface area contributed by atoms with Gasteiger partial charge in [-0.3, -0.25) is 0 Å². The van der Waals surface area contributed by atoms with Crippen LogP contribution in [0.2, 0.25) is 5.21 Å². The van der Waals surface area contributed by atoms with Crippen LogP contribution in [0.25, 0.3) is 0 Å². The Hall–Kier alpha value is -1.03. The van der Waals surface area contributed by atoms with Gasteiger partial charge in [0.2, 0.25) is 0 Å². The first-order chi connectivity index (χ1) is 9.00. The molecule has 0 amide bonds. The van der Waals surface area contributed by atoms with E-state index in [1.165, 1.54) is 0 Å². The average Bonchev–Trinajstić information content (AvgIpc) is 2.38. The molecule has 0 aliphatic carbocycles. The molecule has 0 aromatic heterocycles. The van der Waals surface area contributed by atoms with Crippen molar-refractivity contribution in [3.63, 3.8) is 0 Å². The Balaban J connectivity index is 2.22. The maximum absolute atomic E-state index is 11.4. The zero-order chi connectivity index (χ0) is 14.3. The van der Waals surface area contributed by atoms with Crippen LogP contribution in [0, 0.1) is 0 Å². The van der Waals surface area contributed by atoms with Gasteiger partial charge in [-0.1, -0.05) is 0 Å². The number of rotatable bonds is 8. The van der Waals surface area contributed by atoms with Crippen LogP contribution < -0.4 is 10.8 Å². The van der Waals surface area contributed by atoms with E-state index >= 15 is 0 Å². The molecule has 1 unspecified atom stereocenters. The van der Waals surface area contributed by atoms with E-state index in [4.69, 9.17) is 10.0 Å². The third-order valence-electron chi connectivity index (χ3n) is 2.56. The number of benzene rings is 1. The maximum atomic E-state index is 11.4. The van der Waals surface area contributed by atoms with Crippen molar-refractivity contribution >= 4 is 38.6 Å². The second kappa shape index (κ2) is 8.21. The molecule has 1 aromatic carbocycles. The van der Waals surface area contributed by atoms with E-state index in [1.807, 2.05) is 12.1 Å². The van der Waals surface area contributed by atoms with Gasteiger partial charge in [0, 0.05) is 0 Å². The molecule has 0 fully saturated rings. The first kappa shape index (κ1) is 16.0. The second-order valence-corrected chi connectivity index (χ2v) is 7.06. The van der Waals surface area contributed by atoms with Crippen molar-refractivity contribution in [1.82, 2.24) is 0 Å². The summed E-state index contributed by atoms with van der Waals surface area (Å²) in [6, 6.07) is 6.96. The van der Waals surface area contributed by atoms with Crippen LogP contribution in [0.15, 0.2) is 36.4 Å². The van der Waals surface area contributed by atoms with Gasteiger partial charge >= 0.3 is 120 Å². The monoisotopic (exact) mass is 323 g/mol. The summed E-state index contributed by atoms with van der Waals surface area (Å²) in [6.07, 6.45) is 0.962. The molecular formula is C13H19AsBNO3. The minimum absolute atomic E-state index is 0.251. The van der Waals surface area contributed by atoms with Gasteiger partial charge in [-0.15, -0.1) is 0 Å². The molecule has 0 aliphatic heterocycles. The molecule has 0 spiro atoms. The van der Waals surface area contributed by atoms with Crippen molar-refractivity contribution in [2.75, 3.05) is 11.9 Å². The van der Waals surface area contributed by atoms with E-state index in [2.05, 4.69) is 11.9 Å². The summed E-state index contributed by atoms with van der Waals surface area (Å²) < 4.78 is 0.251.